The van der Waals surface area contributed by atoms with Crippen molar-refractivity contribution < 1.29 is 46.6 Å². The van der Waals surface area contributed by atoms with Crippen LogP contribution in [0.25, 0.3) is 10.9 Å². The van der Waals surface area contributed by atoms with Crippen LogP contribution in [0.1, 0.15) is 123 Å². The summed E-state index contributed by atoms with van der Waals surface area (Å²) in [6, 6.07) is 6.41. The Kier molecular flexibility index (Phi) is 13.2. The highest BCUT2D eigenvalue weighted by atomic mass is 32.2. The molecule has 65 heavy (non-hydrogen) atoms. The number of sulfonamides is 1. The minimum absolute atomic E-state index is 0.0133. The number of amides is 3. The van der Waals surface area contributed by atoms with Crippen molar-refractivity contribution in [1.29, 1.82) is 0 Å². The molecule has 0 radical (unpaired) electrons. The van der Waals surface area contributed by atoms with E-state index in [2.05, 4.69) is 16.2 Å². The van der Waals surface area contributed by atoms with Crippen molar-refractivity contribution in [1.82, 2.24) is 19.5 Å². The van der Waals surface area contributed by atoms with E-state index in [0.717, 1.165) is 62.4 Å². The van der Waals surface area contributed by atoms with Crippen LogP contribution < -0.4 is 19.9 Å². The van der Waals surface area contributed by atoms with Crippen molar-refractivity contribution in [2.75, 3.05) is 26.2 Å². The highest BCUT2D eigenvalue weighted by molar-refractivity contribution is 7.91. The maximum absolute atomic E-state index is 15.0. The molecule has 2 bridgehead atoms. The van der Waals surface area contributed by atoms with Crippen LogP contribution in [0, 0.1) is 28.6 Å². The Morgan fingerprint density at radius 1 is 1.05 bits per heavy atom. The normalized spacial score (nSPS) is 30.5. The van der Waals surface area contributed by atoms with Crippen molar-refractivity contribution in [3.05, 3.63) is 42.5 Å². The van der Waals surface area contributed by atoms with E-state index < -0.39 is 73.1 Å². The third-order valence-corrected chi connectivity index (χ3v) is 17.3. The molecule has 3 saturated carbocycles. The summed E-state index contributed by atoms with van der Waals surface area (Å²) in [5.74, 6) is -2.24. The van der Waals surface area contributed by atoms with Gasteiger partial charge in [0.2, 0.25) is 33.6 Å². The second-order valence-corrected chi connectivity index (χ2v) is 23.2. The lowest BCUT2D eigenvalue weighted by molar-refractivity contribution is -0.154. The van der Waals surface area contributed by atoms with Gasteiger partial charge in [-0.3, -0.25) is 33.6 Å². The number of nitrogens with zero attached hydrogens (tertiary/aromatic N) is 3. The SMILES string of the molecule is C=C[C@@H]1C[C@]1(CC(=O)[C@@H]1C[C@@H]2CN1C(=O)[C@H](C(C)(C)C)CC(=O)O[C@@H]1C[C@H]1CCCCCc1c(nc3ccccc3c1OCCCN1CCC[C@@H]1C(N)=O)O2)C(=O)NS(=O)(=O)C1(C)CC1. The van der Waals surface area contributed by atoms with Gasteiger partial charge in [-0.15, -0.1) is 6.58 Å². The molecule has 2 aromatic rings. The monoisotopic (exact) mass is 917 g/mol. The van der Waals surface area contributed by atoms with Crippen molar-refractivity contribution in [3.63, 3.8) is 0 Å². The van der Waals surface area contributed by atoms with E-state index in [-0.39, 0.29) is 56.2 Å². The zero-order chi connectivity index (χ0) is 46.5. The standard InChI is InChI=1S/C49H67N5O10S/c1-6-31-27-49(31,46(59)52-65(60,61)48(5)19-20-48)28-39(55)38-25-32-29-54(38)45(58)35(47(2,3)4)26-41(56)64-40-24-30(40)14-8-7-9-16-34-42(33-15-10-11-17-36(33)51-44(34)63-32)62-23-13-22-53-21-12-18-37(53)43(50)57/h6,10-11,15,17,30-32,35,37-38,40H,1,7-9,12-14,16,18-29H2,2-5H3,(H2,50,57)(H,52,59)/t30-,31-,32-,35-,37-,38+,40-,49-/m1/s1. The molecular formula is C49H67N5O10S. The number of nitrogens with one attached hydrogen (secondary N) is 1. The first-order valence-corrected chi connectivity index (χ1v) is 25.3. The molecule has 3 aliphatic heterocycles. The van der Waals surface area contributed by atoms with E-state index in [1.54, 1.807) is 13.0 Å². The van der Waals surface area contributed by atoms with Gasteiger partial charge in [0.15, 0.2) is 5.78 Å². The number of ketones is 1. The van der Waals surface area contributed by atoms with Gasteiger partial charge >= 0.3 is 5.97 Å². The number of allylic oxidation sites excluding steroid dienone is 1. The molecule has 5 fully saturated rings. The van der Waals surface area contributed by atoms with Crippen molar-refractivity contribution in [2.45, 2.75) is 153 Å². The number of rotatable bonds is 13. The van der Waals surface area contributed by atoms with E-state index in [1.165, 1.54) is 4.90 Å². The zero-order valence-electron chi connectivity index (χ0n) is 38.5. The predicted octanol–water partition coefficient (Wildman–Crippen LogP) is 5.55. The fourth-order valence-corrected chi connectivity index (χ4v) is 11.8. The molecule has 1 aromatic carbocycles. The van der Waals surface area contributed by atoms with Crippen LogP contribution in [-0.2, 0) is 45.2 Å². The van der Waals surface area contributed by atoms with Crippen LogP contribution in [-0.4, -0.2) is 108 Å². The Labute approximate surface area is 383 Å². The summed E-state index contributed by atoms with van der Waals surface area (Å²) in [5, 5.41) is 0.836. The fraction of sp³-hybridized carbons (Fsp3) is 0.673. The van der Waals surface area contributed by atoms with Crippen LogP contribution in [0.3, 0.4) is 0 Å². The fourth-order valence-electron chi connectivity index (χ4n) is 10.4. The second-order valence-electron chi connectivity index (χ2n) is 21.0. The van der Waals surface area contributed by atoms with Crippen molar-refractivity contribution in [3.8, 4) is 11.6 Å². The number of fused-ring (bicyclic) bond motifs is 5. The van der Waals surface area contributed by atoms with Crippen LogP contribution in [0.4, 0.5) is 0 Å². The Bertz CT molecular complexity index is 2330. The van der Waals surface area contributed by atoms with E-state index >= 15 is 0 Å². The lowest BCUT2D eigenvalue weighted by atomic mass is 9.77. The number of esters is 1. The summed E-state index contributed by atoms with van der Waals surface area (Å²) in [7, 11) is -3.98. The van der Waals surface area contributed by atoms with Gasteiger partial charge in [0.1, 0.15) is 18.0 Å². The molecular weight excluding hydrogens is 851 g/mol. The average molecular weight is 918 g/mol. The first-order valence-electron chi connectivity index (χ1n) is 23.8. The van der Waals surface area contributed by atoms with Gasteiger partial charge in [-0.1, -0.05) is 51.8 Å². The number of benzene rings is 1. The Morgan fingerprint density at radius 2 is 1.82 bits per heavy atom. The molecule has 3 N–H and O–H groups in total. The largest absolute Gasteiger partial charge is 0.492 e. The first kappa shape index (κ1) is 46.9. The van der Waals surface area contributed by atoms with E-state index in [4.69, 9.17) is 24.9 Å². The maximum atomic E-state index is 15.0. The summed E-state index contributed by atoms with van der Waals surface area (Å²) < 4.78 is 47.2. The third-order valence-electron chi connectivity index (χ3n) is 15.2. The van der Waals surface area contributed by atoms with Crippen molar-refractivity contribution >= 4 is 50.4 Å². The second kappa shape index (κ2) is 18.3. The molecule has 0 spiro atoms. The molecule has 3 amide bonds. The average Bonchev–Trinajstić information content (AvgIpc) is 4.20. The zero-order valence-corrected chi connectivity index (χ0v) is 39.3. The lowest BCUT2D eigenvalue weighted by Crippen LogP contribution is -2.49. The number of pyridine rings is 1. The van der Waals surface area contributed by atoms with E-state index in [9.17, 15) is 32.4 Å². The van der Waals surface area contributed by atoms with Crippen molar-refractivity contribution in [2.24, 2.45) is 34.3 Å². The topological polar surface area (TPSA) is 205 Å². The summed E-state index contributed by atoms with van der Waals surface area (Å²) in [5.41, 5.74) is 5.13. The molecule has 4 heterocycles. The molecule has 0 unspecified atom stereocenters. The number of hydrogen-bond acceptors (Lipinski definition) is 12. The van der Waals surface area contributed by atoms with Gasteiger partial charge in [-0.25, -0.2) is 13.4 Å². The number of carbonyl (C=O) groups excluding carboxylic acids is 5. The Balaban J connectivity index is 1.11. The highest BCUT2D eigenvalue weighted by Crippen LogP contribution is 2.57. The van der Waals surface area contributed by atoms with Gasteiger partial charge < -0.3 is 24.8 Å². The molecule has 15 nitrogen and oxygen atoms in total. The molecule has 8 rings (SSSR count). The molecule has 1 aromatic heterocycles. The number of nitrogens with two attached hydrogens (primary N) is 1. The molecule has 16 heteroatoms. The number of primary amides is 1. The lowest BCUT2D eigenvalue weighted by Gasteiger charge is -2.34. The number of carbonyl (C=O) groups is 5. The molecule has 6 aliphatic rings. The predicted molar refractivity (Wildman–Crippen MR) is 243 cm³/mol. The Hall–Kier alpha value is -4.57. The first-order chi connectivity index (χ1) is 30.8. The van der Waals surface area contributed by atoms with Crippen LogP contribution in [0.2, 0.25) is 0 Å². The number of aromatic nitrogens is 1. The summed E-state index contributed by atoms with van der Waals surface area (Å²) in [6.07, 6.45) is 8.76. The van der Waals surface area contributed by atoms with Gasteiger partial charge in [0.05, 0.1) is 58.8 Å². The molecule has 2 saturated heterocycles. The number of Topliss-reactive ketones (excluding diaryl/α,β-unsaturated/α-hetero) is 1. The summed E-state index contributed by atoms with van der Waals surface area (Å²) in [6.45, 7) is 13.0. The quantitative estimate of drug-likeness (QED) is 0.144. The van der Waals surface area contributed by atoms with E-state index in [0.29, 0.717) is 56.0 Å². The molecule has 8 atom stereocenters. The van der Waals surface area contributed by atoms with Crippen LogP contribution in [0.15, 0.2) is 36.9 Å². The number of para-hydroxylation sites is 1. The minimum atomic E-state index is -3.98. The van der Waals surface area contributed by atoms with Gasteiger partial charge in [-0.2, -0.15) is 0 Å². The summed E-state index contributed by atoms with van der Waals surface area (Å²) >= 11 is 0. The molecule has 354 valence electrons. The number of likely N-dealkylation sites (tertiary alicyclic amines) is 1. The molecule has 3 aliphatic carbocycles. The number of hydrogen-bond donors (Lipinski definition) is 2. The van der Waals surface area contributed by atoms with Crippen LogP contribution >= 0.6 is 0 Å². The van der Waals surface area contributed by atoms with Gasteiger partial charge in [0, 0.05) is 24.8 Å². The summed E-state index contributed by atoms with van der Waals surface area (Å²) in [4.78, 5) is 78.0. The smallest absolute Gasteiger partial charge is 0.306 e. The van der Waals surface area contributed by atoms with Gasteiger partial charge in [0.25, 0.3) is 0 Å². The maximum Gasteiger partial charge on any atom is 0.306 e. The minimum Gasteiger partial charge on any atom is -0.492 e. The van der Waals surface area contributed by atoms with Gasteiger partial charge in [-0.05, 0) is 107 Å². The highest BCUT2D eigenvalue weighted by Gasteiger charge is 2.62. The third kappa shape index (κ3) is 9.94. The van der Waals surface area contributed by atoms with E-state index in [1.807, 2.05) is 45.0 Å². The number of ether oxygens (including phenoxy) is 3. The Morgan fingerprint density at radius 3 is 2.52 bits per heavy atom. The van der Waals surface area contributed by atoms with Crippen LogP contribution in [0.5, 0.6) is 11.6 Å².